The molecule has 1 fully saturated rings. The maximum absolute atomic E-state index is 4.52. The molecule has 1 aromatic rings. The van der Waals surface area contributed by atoms with Gasteiger partial charge >= 0.3 is 0 Å². The molecule has 2 heterocycles. The summed E-state index contributed by atoms with van der Waals surface area (Å²) >= 11 is 1.78. The monoisotopic (exact) mass is 239 g/mol. The van der Waals surface area contributed by atoms with Gasteiger partial charge in [-0.1, -0.05) is 0 Å². The number of nitrogens with one attached hydrogen (secondary N) is 1. The Kier molecular flexibility index (Phi) is 3.62. The van der Waals surface area contributed by atoms with Crippen molar-refractivity contribution in [2.45, 2.75) is 38.8 Å². The highest BCUT2D eigenvalue weighted by atomic mass is 32.1. The summed E-state index contributed by atoms with van der Waals surface area (Å²) in [5.74, 6) is 0. The molecule has 0 aromatic carbocycles. The number of aromatic nitrogens is 1. The van der Waals surface area contributed by atoms with Gasteiger partial charge in [-0.15, -0.1) is 11.3 Å². The van der Waals surface area contributed by atoms with Crippen molar-refractivity contribution in [3.05, 3.63) is 16.1 Å². The standard InChI is InChI=1S/C12H21N3S/c1-10-9-16-11(14-10)8-15-6-4-12(2,13-3)5-7-15/h9,13H,4-8H2,1-3H3. The van der Waals surface area contributed by atoms with Crippen LogP contribution in [0, 0.1) is 6.92 Å². The number of aryl methyl sites for hydroxylation is 1. The van der Waals surface area contributed by atoms with Gasteiger partial charge in [-0.3, -0.25) is 4.90 Å². The Bertz CT molecular complexity index is 340. The quantitative estimate of drug-likeness (QED) is 0.875. The minimum Gasteiger partial charge on any atom is -0.314 e. The minimum atomic E-state index is 0.343. The molecule has 0 atom stereocenters. The summed E-state index contributed by atoms with van der Waals surface area (Å²) in [6.07, 6.45) is 2.46. The van der Waals surface area contributed by atoms with E-state index in [1.54, 1.807) is 11.3 Å². The van der Waals surface area contributed by atoms with Crippen molar-refractivity contribution in [1.29, 1.82) is 0 Å². The van der Waals surface area contributed by atoms with E-state index < -0.39 is 0 Å². The van der Waals surface area contributed by atoms with Crippen LogP contribution in [0.2, 0.25) is 0 Å². The van der Waals surface area contributed by atoms with Crippen molar-refractivity contribution < 1.29 is 0 Å². The molecule has 0 aliphatic carbocycles. The third-order valence-corrected chi connectivity index (χ3v) is 4.54. The van der Waals surface area contributed by atoms with Crippen molar-refractivity contribution >= 4 is 11.3 Å². The van der Waals surface area contributed by atoms with Crippen LogP contribution < -0.4 is 5.32 Å². The zero-order chi connectivity index (χ0) is 11.6. The van der Waals surface area contributed by atoms with Gasteiger partial charge in [0.25, 0.3) is 0 Å². The Morgan fingerprint density at radius 1 is 1.50 bits per heavy atom. The van der Waals surface area contributed by atoms with Gasteiger partial charge in [-0.2, -0.15) is 0 Å². The van der Waals surface area contributed by atoms with Crippen LogP contribution in [0.25, 0.3) is 0 Å². The van der Waals surface area contributed by atoms with Crippen molar-refractivity contribution in [1.82, 2.24) is 15.2 Å². The molecule has 2 rings (SSSR count). The van der Waals surface area contributed by atoms with Crippen molar-refractivity contribution in [3.63, 3.8) is 0 Å². The molecule has 4 heteroatoms. The lowest BCUT2D eigenvalue weighted by Gasteiger charge is -2.39. The summed E-state index contributed by atoms with van der Waals surface area (Å²) in [4.78, 5) is 7.03. The van der Waals surface area contributed by atoms with Crippen LogP contribution in [0.15, 0.2) is 5.38 Å². The average molecular weight is 239 g/mol. The number of piperidine rings is 1. The summed E-state index contributed by atoms with van der Waals surface area (Å²) in [7, 11) is 2.07. The molecule has 1 aliphatic heterocycles. The molecule has 0 radical (unpaired) electrons. The van der Waals surface area contributed by atoms with Gasteiger partial charge in [-0.05, 0) is 33.7 Å². The number of hydrogen-bond donors (Lipinski definition) is 1. The number of nitrogens with zero attached hydrogens (tertiary/aromatic N) is 2. The molecular weight excluding hydrogens is 218 g/mol. The minimum absolute atomic E-state index is 0.343. The van der Waals surface area contributed by atoms with Crippen molar-refractivity contribution in [3.8, 4) is 0 Å². The smallest absolute Gasteiger partial charge is 0.107 e. The molecule has 0 bridgehead atoms. The lowest BCUT2D eigenvalue weighted by atomic mass is 9.90. The van der Waals surface area contributed by atoms with E-state index in [-0.39, 0.29) is 0 Å². The van der Waals surface area contributed by atoms with Gasteiger partial charge in [-0.25, -0.2) is 4.98 Å². The number of thiazole rings is 1. The maximum atomic E-state index is 4.52. The third kappa shape index (κ3) is 2.81. The zero-order valence-electron chi connectivity index (χ0n) is 10.4. The summed E-state index contributed by atoms with van der Waals surface area (Å²) in [6, 6.07) is 0. The van der Waals surface area contributed by atoms with Crippen molar-refractivity contribution in [2.75, 3.05) is 20.1 Å². The first-order valence-electron chi connectivity index (χ1n) is 5.94. The van der Waals surface area contributed by atoms with Crippen LogP contribution in [-0.4, -0.2) is 35.6 Å². The van der Waals surface area contributed by atoms with Crippen LogP contribution in [0.5, 0.6) is 0 Å². The molecule has 1 aliphatic rings. The van der Waals surface area contributed by atoms with Gasteiger partial charge in [0.1, 0.15) is 5.01 Å². The Morgan fingerprint density at radius 3 is 2.69 bits per heavy atom. The molecule has 0 unspecified atom stereocenters. The van der Waals surface area contributed by atoms with Crippen LogP contribution in [0.4, 0.5) is 0 Å². The summed E-state index contributed by atoms with van der Waals surface area (Å²) < 4.78 is 0. The lowest BCUT2D eigenvalue weighted by molar-refractivity contribution is 0.146. The lowest BCUT2D eigenvalue weighted by Crippen LogP contribution is -2.49. The first-order chi connectivity index (χ1) is 7.61. The van der Waals surface area contributed by atoms with Crippen LogP contribution >= 0.6 is 11.3 Å². The normalized spacial score (nSPS) is 21.2. The molecule has 0 saturated carbocycles. The highest BCUT2D eigenvalue weighted by Crippen LogP contribution is 2.23. The Hall–Kier alpha value is -0.450. The van der Waals surface area contributed by atoms with Gasteiger partial charge in [0.2, 0.25) is 0 Å². The number of hydrogen-bond acceptors (Lipinski definition) is 4. The second-order valence-electron chi connectivity index (χ2n) is 4.97. The van der Waals surface area contributed by atoms with Gasteiger partial charge in [0, 0.05) is 29.7 Å². The number of likely N-dealkylation sites (tertiary alicyclic amines) is 1. The second kappa shape index (κ2) is 4.82. The summed E-state index contributed by atoms with van der Waals surface area (Å²) in [5.41, 5.74) is 1.49. The first kappa shape index (κ1) is 12.0. The largest absolute Gasteiger partial charge is 0.314 e. The van der Waals surface area contributed by atoms with E-state index in [0.29, 0.717) is 5.54 Å². The molecule has 90 valence electrons. The number of rotatable bonds is 3. The van der Waals surface area contributed by atoms with E-state index in [9.17, 15) is 0 Å². The van der Waals surface area contributed by atoms with E-state index in [1.807, 2.05) is 0 Å². The predicted molar refractivity (Wildman–Crippen MR) is 68.8 cm³/mol. The average Bonchev–Trinajstić information content (AvgIpc) is 2.68. The van der Waals surface area contributed by atoms with E-state index in [2.05, 4.69) is 41.5 Å². The SMILES string of the molecule is CNC1(C)CCN(Cc2nc(C)cs2)CC1. The van der Waals surface area contributed by atoms with E-state index >= 15 is 0 Å². The topological polar surface area (TPSA) is 28.2 Å². The molecule has 1 saturated heterocycles. The molecule has 0 spiro atoms. The van der Waals surface area contributed by atoms with Crippen LogP contribution in [-0.2, 0) is 6.54 Å². The van der Waals surface area contributed by atoms with Gasteiger partial charge < -0.3 is 5.32 Å². The van der Waals surface area contributed by atoms with E-state index in [0.717, 1.165) is 12.2 Å². The van der Waals surface area contributed by atoms with E-state index in [1.165, 1.54) is 30.9 Å². The summed E-state index contributed by atoms with van der Waals surface area (Å²) in [5, 5.41) is 6.82. The van der Waals surface area contributed by atoms with E-state index in [4.69, 9.17) is 0 Å². The van der Waals surface area contributed by atoms with Crippen LogP contribution in [0.1, 0.15) is 30.5 Å². The van der Waals surface area contributed by atoms with Crippen LogP contribution in [0.3, 0.4) is 0 Å². The Morgan fingerprint density at radius 2 is 2.19 bits per heavy atom. The van der Waals surface area contributed by atoms with Gasteiger partial charge in [0.05, 0.1) is 6.54 Å². The fourth-order valence-electron chi connectivity index (χ4n) is 2.12. The highest BCUT2D eigenvalue weighted by molar-refractivity contribution is 7.09. The Labute approximate surface area is 102 Å². The zero-order valence-corrected chi connectivity index (χ0v) is 11.2. The second-order valence-corrected chi connectivity index (χ2v) is 5.91. The molecule has 3 nitrogen and oxygen atoms in total. The van der Waals surface area contributed by atoms with Crippen molar-refractivity contribution in [2.24, 2.45) is 0 Å². The molecular formula is C12H21N3S. The summed E-state index contributed by atoms with van der Waals surface area (Å²) in [6.45, 7) is 7.76. The third-order valence-electron chi connectivity index (χ3n) is 3.59. The highest BCUT2D eigenvalue weighted by Gasteiger charge is 2.28. The molecule has 0 amide bonds. The predicted octanol–water partition coefficient (Wildman–Crippen LogP) is 2.03. The van der Waals surface area contributed by atoms with Gasteiger partial charge in [0.15, 0.2) is 0 Å². The fraction of sp³-hybridized carbons (Fsp3) is 0.750. The Balaban J connectivity index is 1.86. The molecule has 1 N–H and O–H groups in total. The molecule has 1 aromatic heterocycles. The fourth-order valence-corrected chi connectivity index (χ4v) is 2.93. The maximum Gasteiger partial charge on any atom is 0.107 e. The molecule has 16 heavy (non-hydrogen) atoms. The first-order valence-corrected chi connectivity index (χ1v) is 6.81.